The predicted octanol–water partition coefficient (Wildman–Crippen LogP) is 1.70. The van der Waals surface area contributed by atoms with E-state index in [4.69, 9.17) is 5.11 Å². The molecule has 0 heterocycles. The van der Waals surface area contributed by atoms with E-state index in [-0.39, 0.29) is 6.61 Å². The van der Waals surface area contributed by atoms with E-state index >= 15 is 0 Å². The minimum absolute atomic E-state index is 0.0803. The van der Waals surface area contributed by atoms with E-state index in [9.17, 15) is 5.11 Å². The van der Waals surface area contributed by atoms with Gasteiger partial charge in [0.2, 0.25) is 0 Å². The minimum Gasteiger partial charge on any atom is -0.393 e. The average molecular weight is 172 g/mol. The zero-order valence-electron chi connectivity index (χ0n) is 8.14. The summed E-state index contributed by atoms with van der Waals surface area (Å²) in [6.07, 6.45) is 4.72. The first-order valence-corrected chi connectivity index (χ1v) is 4.81. The molecule has 1 atom stereocenters. The van der Waals surface area contributed by atoms with Crippen LogP contribution in [0, 0.1) is 5.41 Å². The molecule has 2 heteroatoms. The van der Waals surface area contributed by atoms with Crippen LogP contribution in [-0.4, -0.2) is 22.4 Å². The molecular weight excluding hydrogens is 152 g/mol. The lowest BCUT2D eigenvalue weighted by molar-refractivity contribution is -0.0278. The zero-order chi connectivity index (χ0) is 9.24. The van der Waals surface area contributed by atoms with E-state index < -0.39 is 5.60 Å². The summed E-state index contributed by atoms with van der Waals surface area (Å²) in [7, 11) is 0. The molecule has 0 spiro atoms. The Morgan fingerprint density at radius 1 is 1.08 bits per heavy atom. The Labute approximate surface area is 74.6 Å². The van der Waals surface area contributed by atoms with Gasteiger partial charge in [-0.1, -0.05) is 13.8 Å². The van der Waals surface area contributed by atoms with Crippen LogP contribution < -0.4 is 0 Å². The van der Waals surface area contributed by atoms with Crippen LogP contribution in [0.2, 0.25) is 0 Å². The van der Waals surface area contributed by atoms with Gasteiger partial charge in [0.25, 0.3) is 0 Å². The molecule has 0 aliphatic heterocycles. The van der Waals surface area contributed by atoms with Gasteiger partial charge in [-0.25, -0.2) is 0 Å². The molecule has 1 rings (SSSR count). The highest BCUT2D eigenvalue weighted by atomic mass is 16.3. The summed E-state index contributed by atoms with van der Waals surface area (Å²) in [5.74, 6) is 0. The fraction of sp³-hybridized carbons (Fsp3) is 1.00. The first kappa shape index (κ1) is 10.0. The standard InChI is InChI=1S/C10H20O2/c1-9(2)4-3-5-10(12,8-11)7-6-9/h11-12H,3-8H2,1-2H3. The van der Waals surface area contributed by atoms with Crippen molar-refractivity contribution in [3.05, 3.63) is 0 Å². The van der Waals surface area contributed by atoms with Crippen molar-refractivity contribution in [3.8, 4) is 0 Å². The summed E-state index contributed by atoms with van der Waals surface area (Å²) in [4.78, 5) is 0. The number of rotatable bonds is 1. The summed E-state index contributed by atoms with van der Waals surface area (Å²) in [5, 5.41) is 18.8. The van der Waals surface area contributed by atoms with Crippen LogP contribution in [0.1, 0.15) is 46.0 Å². The topological polar surface area (TPSA) is 40.5 Å². The maximum absolute atomic E-state index is 9.84. The molecule has 2 nitrogen and oxygen atoms in total. The third-order valence-electron chi connectivity index (χ3n) is 3.06. The second kappa shape index (κ2) is 3.35. The zero-order valence-corrected chi connectivity index (χ0v) is 8.14. The molecule has 2 N–H and O–H groups in total. The van der Waals surface area contributed by atoms with E-state index in [1.165, 1.54) is 0 Å². The number of aliphatic hydroxyl groups is 2. The minimum atomic E-state index is -0.784. The maximum atomic E-state index is 9.84. The van der Waals surface area contributed by atoms with Crippen molar-refractivity contribution in [1.29, 1.82) is 0 Å². The Morgan fingerprint density at radius 2 is 1.75 bits per heavy atom. The van der Waals surface area contributed by atoms with Crippen molar-refractivity contribution < 1.29 is 10.2 Å². The number of hydrogen-bond donors (Lipinski definition) is 2. The van der Waals surface area contributed by atoms with Crippen LogP contribution in [0.3, 0.4) is 0 Å². The van der Waals surface area contributed by atoms with Crippen molar-refractivity contribution in [3.63, 3.8) is 0 Å². The number of aliphatic hydroxyl groups excluding tert-OH is 1. The Balaban J connectivity index is 2.56. The first-order chi connectivity index (χ1) is 5.47. The highest BCUT2D eigenvalue weighted by Crippen LogP contribution is 2.37. The summed E-state index contributed by atoms with van der Waals surface area (Å²) >= 11 is 0. The van der Waals surface area contributed by atoms with Gasteiger partial charge >= 0.3 is 0 Å². The van der Waals surface area contributed by atoms with Crippen molar-refractivity contribution in [2.75, 3.05) is 6.61 Å². The first-order valence-electron chi connectivity index (χ1n) is 4.81. The fourth-order valence-electron chi connectivity index (χ4n) is 1.88. The molecule has 0 bridgehead atoms. The predicted molar refractivity (Wildman–Crippen MR) is 48.9 cm³/mol. The van der Waals surface area contributed by atoms with Gasteiger partial charge in [-0.3, -0.25) is 0 Å². The molecule has 0 aromatic rings. The lowest BCUT2D eigenvalue weighted by atomic mass is 9.84. The second-order valence-electron chi connectivity index (χ2n) is 4.90. The Kier molecular flexibility index (Phi) is 2.79. The van der Waals surface area contributed by atoms with Crippen LogP contribution in [0.15, 0.2) is 0 Å². The monoisotopic (exact) mass is 172 g/mol. The summed E-state index contributed by atoms with van der Waals surface area (Å²) < 4.78 is 0. The highest BCUT2D eigenvalue weighted by Gasteiger charge is 2.32. The average Bonchev–Trinajstić information content (AvgIpc) is 2.13. The Bertz CT molecular complexity index is 154. The van der Waals surface area contributed by atoms with Gasteiger partial charge in [0.05, 0.1) is 12.2 Å². The van der Waals surface area contributed by atoms with Gasteiger partial charge in [0, 0.05) is 0 Å². The van der Waals surface area contributed by atoms with Gasteiger partial charge in [0.15, 0.2) is 0 Å². The molecule has 1 fully saturated rings. The third-order valence-corrected chi connectivity index (χ3v) is 3.06. The molecule has 1 aliphatic rings. The maximum Gasteiger partial charge on any atom is 0.0877 e. The largest absolute Gasteiger partial charge is 0.393 e. The lowest BCUT2D eigenvalue weighted by Gasteiger charge is -2.25. The van der Waals surface area contributed by atoms with E-state index in [2.05, 4.69) is 13.8 Å². The van der Waals surface area contributed by atoms with E-state index in [1.807, 2.05) is 0 Å². The van der Waals surface area contributed by atoms with Crippen LogP contribution in [0.25, 0.3) is 0 Å². The van der Waals surface area contributed by atoms with Gasteiger partial charge < -0.3 is 10.2 Å². The van der Waals surface area contributed by atoms with E-state index in [0.29, 0.717) is 5.41 Å². The second-order valence-corrected chi connectivity index (χ2v) is 4.90. The van der Waals surface area contributed by atoms with Crippen molar-refractivity contribution >= 4 is 0 Å². The molecule has 0 amide bonds. The molecule has 1 saturated carbocycles. The number of hydrogen-bond acceptors (Lipinski definition) is 2. The molecule has 0 aromatic carbocycles. The van der Waals surface area contributed by atoms with Crippen molar-refractivity contribution in [2.45, 2.75) is 51.6 Å². The molecule has 0 aromatic heterocycles. The SMILES string of the molecule is CC1(C)CCCC(O)(CO)CC1. The Morgan fingerprint density at radius 3 is 2.33 bits per heavy atom. The normalized spacial score (nSPS) is 36.0. The van der Waals surface area contributed by atoms with Gasteiger partial charge in [-0.2, -0.15) is 0 Å². The van der Waals surface area contributed by atoms with E-state index in [0.717, 1.165) is 32.1 Å². The van der Waals surface area contributed by atoms with E-state index in [1.54, 1.807) is 0 Å². The van der Waals surface area contributed by atoms with Crippen LogP contribution in [0.5, 0.6) is 0 Å². The van der Waals surface area contributed by atoms with Crippen LogP contribution >= 0.6 is 0 Å². The quantitative estimate of drug-likeness (QED) is 0.591. The molecule has 1 aliphatic carbocycles. The third kappa shape index (κ3) is 2.46. The molecule has 1 unspecified atom stereocenters. The smallest absolute Gasteiger partial charge is 0.0877 e. The van der Waals surface area contributed by atoms with Crippen LogP contribution in [-0.2, 0) is 0 Å². The molecule has 72 valence electrons. The van der Waals surface area contributed by atoms with Gasteiger partial charge in [-0.15, -0.1) is 0 Å². The van der Waals surface area contributed by atoms with Gasteiger partial charge in [0.1, 0.15) is 0 Å². The summed E-state index contributed by atoms with van der Waals surface area (Å²) in [5.41, 5.74) is -0.437. The fourth-order valence-corrected chi connectivity index (χ4v) is 1.88. The summed E-state index contributed by atoms with van der Waals surface area (Å²) in [6, 6.07) is 0. The molecular formula is C10H20O2. The molecule has 0 saturated heterocycles. The lowest BCUT2D eigenvalue weighted by Crippen LogP contribution is -2.32. The highest BCUT2D eigenvalue weighted by molar-refractivity contribution is 4.85. The van der Waals surface area contributed by atoms with Crippen LogP contribution in [0.4, 0.5) is 0 Å². The van der Waals surface area contributed by atoms with Crippen molar-refractivity contribution in [1.82, 2.24) is 0 Å². The molecule has 12 heavy (non-hydrogen) atoms. The van der Waals surface area contributed by atoms with Crippen molar-refractivity contribution in [2.24, 2.45) is 5.41 Å². The van der Waals surface area contributed by atoms with Gasteiger partial charge in [-0.05, 0) is 37.5 Å². The Hall–Kier alpha value is -0.0800. The molecule has 0 radical (unpaired) electrons. The summed E-state index contributed by atoms with van der Waals surface area (Å²) in [6.45, 7) is 4.38.